The van der Waals surface area contributed by atoms with E-state index in [0.717, 1.165) is 22.0 Å². The summed E-state index contributed by atoms with van der Waals surface area (Å²) in [6.07, 6.45) is 4.55. The zero-order chi connectivity index (χ0) is 18.2. The van der Waals surface area contributed by atoms with Crippen molar-refractivity contribution in [3.8, 4) is 11.5 Å². The Morgan fingerprint density at radius 3 is 2.58 bits per heavy atom. The minimum absolute atomic E-state index is 0.239. The number of esters is 1. The first-order chi connectivity index (χ1) is 11.3. The average Bonchev–Trinajstić information content (AvgIpc) is 2.53. The third kappa shape index (κ3) is 7.85. The number of rotatable bonds is 7. The van der Waals surface area contributed by atoms with E-state index in [4.69, 9.17) is 4.74 Å². The summed E-state index contributed by atoms with van der Waals surface area (Å²) in [5.41, 5.74) is 4.88. The van der Waals surface area contributed by atoms with E-state index < -0.39 is 8.07 Å². The van der Waals surface area contributed by atoms with Gasteiger partial charge in [0.25, 0.3) is 0 Å². The van der Waals surface area contributed by atoms with E-state index in [-0.39, 0.29) is 5.97 Å². The molecule has 0 amide bonds. The second-order valence-corrected chi connectivity index (χ2v) is 13.1. The van der Waals surface area contributed by atoms with Crippen molar-refractivity contribution >= 4 is 36.6 Å². The van der Waals surface area contributed by atoms with E-state index in [1.54, 1.807) is 0 Å². The Bertz CT molecular complexity index is 608. The van der Waals surface area contributed by atoms with Crippen LogP contribution in [0.4, 0.5) is 0 Å². The first kappa shape index (κ1) is 21.2. The predicted molar refractivity (Wildman–Crippen MR) is 113 cm³/mol. The van der Waals surface area contributed by atoms with Crippen LogP contribution >= 0.6 is 22.6 Å². The Hall–Kier alpha value is -0.803. The molecular formula is C20H29IO2Si. The molecule has 1 rings (SSSR count). The lowest BCUT2D eigenvalue weighted by molar-refractivity contribution is 0.0428. The van der Waals surface area contributed by atoms with Gasteiger partial charge >= 0.3 is 5.97 Å². The molecule has 0 aliphatic rings. The van der Waals surface area contributed by atoms with Gasteiger partial charge in [0.2, 0.25) is 0 Å². The maximum absolute atomic E-state index is 12.3. The highest BCUT2D eigenvalue weighted by molar-refractivity contribution is 14.1. The van der Waals surface area contributed by atoms with Gasteiger partial charge in [-0.3, -0.25) is 0 Å². The van der Waals surface area contributed by atoms with E-state index in [2.05, 4.69) is 67.5 Å². The number of hydrogen-bond acceptors (Lipinski definition) is 2. The fourth-order valence-corrected chi connectivity index (χ4v) is 3.16. The van der Waals surface area contributed by atoms with Gasteiger partial charge in [-0.1, -0.05) is 58.7 Å². The molecule has 0 aromatic heterocycles. The molecule has 0 N–H and O–H groups in total. The minimum Gasteiger partial charge on any atom is -0.462 e. The topological polar surface area (TPSA) is 26.3 Å². The highest BCUT2D eigenvalue weighted by Crippen LogP contribution is 2.17. The van der Waals surface area contributed by atoms with Crippen molar-refractivity contribution in [1.82, 2.24) is 0 Å². The third-order valence-corrected chi connectivity index (χ3v) is 5.58. The van der Waals surface area contributed by atoms with Gasteiger partial charge in [0, 0.05) is 9.13 Å². The molecular weight excluding hydrogens is 427 g/mol. The van der Waals surface area contributed by atoms with Crippen molar-refractivity contribution in [1.29, 1.82) is 0 Å². The minimum atomic E-state index is -1.44. The average molecular weight is 456 g/mol. The SMILES string of the molecule is CCCCC(CC)COC(=O)c1ccc(I)c(C#C[Si](C)(C)C)c1. The zero-order valence-corrected chi connectivity index (χ0v) is 18.7. The summed E-state index contributed by atoms with van der Waals surface area (Å²) in [5, 5.41) is 0. The van der Waals surface area contributed by atoms with Crippen LogP contribution in [0.2, 0.25) is 19.6 Å². The Balaban J connectivity index is 2.79. The van der Waals surface area contributed by atoms with Gasteiger partial charge in [0.15, 0.2) is 0 Å². The lowest BCUT2D eigenvalue weighted by atomic mass is 10.0. The second kappa shape index (κ2) is 10.2. The lowest BCUT2D eigenvalue weighted by Gasteiger charge is -2.14. The van der Waals surface area contributed by atoms with Crippen molar-refractivity contribution in [3.05, 3.63) is 32.9 Å². The first-order valence-corrected chi connectivity index (χ1v) is 13.3. The molecule has 0 radical (unpaired) electrons. The van der Waals surface area contributed by atoms with E-state index in [1.165, 1.54) is 12.8 Å². The number of ether oxygens (including phenoxy) is 1. The molecule has 1 aromatic carbocycles. The van der Waals surface area contributed by atoms with Gasteiger partial charge in [0.1, 0.15) is 8.07 Å². The summed E-state index contributed by atoms with van der Waals surface area (Å²) >= 11 is 2.27. The summed E-state index contributed by atoms with van der Waals surface area (Å²) in [6.45, 7) is 11.5. The predicted octanol–water partition coefficient (Wildman–Crippen LogP) is 5.89. The van der Waals surface area contributed by atoms with E-state index >= 15 is 0 Å². The fourth-order valence-electron chi connectivity index (χ4n) is 2.18. The van der Waals surface area contributed by atoms with Gasteiger partial charge in [-0.2, -0.15) is 0 Å². The van der Waals surface area contributed by atoms with Crippen LogP contribution in [0.3, 0.4) is 0 Å². The maximum Gasteiger partial charge on any atom is 0.338 e. The van der Waals surface area contributed by atoms with Crippen LogP contribution < -0.4 is 0 Å². The van der Waals surface area contributed by atoms with Crippen LogP contribution in [0.1, 0.15) is 55.5 Å². The van der Waals surface area contributed by atoms with Gasteiger partial charge < -0.3 is 4.74 Å². The van der Waals surface area contributed by atoms with Crippen molar-refractivity contribution in [2.75, 3.05) is 6.61 Å². The van der Waals surface area contributed by atoms with E-state index in [1.807, 2.05) is 18.2 Å². The Labute approximate surface area is 161 Å². The highest BCUT2D eigenvalue weighted by atomic mass is 127. The van der Waals surface area contributed by atoms with E-state index in [9.17, 15) is 4.79 Å². The Kier molecular flexibility index (Phi) is 9.07. The highest BCUT2D eigenvalue weighted by Gasteiger charge is 2.13. The van der Waals surface area contributed by atoms with E-state index in [0.29, 0.717) is 18.1 Å². The molecule has 0 aliphatic carbocycles. The summed E-state index contributed by atoms with van der Waals surface area (Å²) in [6, 6.07) is 5.64. The molecule has 0 spiro atoms. The van der Waals surface area contributed by atoms with Crippen LogP contribution in [-0.4, -0.2) is 20.7 Å². The summed E-state index contributed by atoms with van der Waals surface area (Å²) in [5.74, 6) is 3.47. The normalized spacial score (nSPS) is 12.2. The largest absolute Gasteiger partial charge is 0.462 e. The monoisotopic (exact) mass is 456 g/mol. The Morgan fingerprint density at radius 1 is 1.29 bits per heavy atom. The van der Waals surface area contributed by atoms with Crippen molar-refractivity contribution < 1.29 is 9.53 Å². The summed E-state index contributed by atoms with van der Waals surface area (Å²) in [4.78, 5) is 12.3. The lowest BCUT2D eigenvalue weighted by Crippen LogP contribution is -2.16. The molecule has 1 unspecified atom stereocenters. The molecule has 2 nitrogen and oxygen atoms in total. The van der Waals surface area contributed by atoms with Crippen LogP contribution in [0, 0.1) is 21.0 Å². The standard InChI is InChI=1S/C20H29IO2Si/c1-6-8-9-16(7-2)15-23-20(22)18-10-11-19(21)17(14-18)12-13-24(3,4)5/h10-11,14,16H,6-9,15H2,1-5H3. The summed E-state index contributed by atoms with van der Waals surface area (Å²) in [7, 11) is -1.44. The number of carbonyl (C=O) groups excluding carboxylic acids is 1. The smallest absolute Gasteiger partial charge is 0.338 e. The van der Waals surface area contributed by atoms with Gasteiger partial charge in [0.05, 0.1) is 12.2 Å². The number of halogens is 1. The number of hydrogen-bond donors (Lipinski definition) is 0. The van der Waals surface area contributed by atoms with Gasteiger partial charge in [-0.15, -0.1) is 5.54 Å². The molecule has 24 heavy (non-hydrogen) atoms. The second-order valence-electron chi connectivity index (χ2n) is 7.21. The van der Waals surface area contributed by atoms with Crippen LogP contribution in [0.15, 0.2) is 18.2 Å². The van der Waals surface area contributed by atoms with Gasteiger partial charge in [-0.05, 0) is 53.1 Å². The van der Waals surface area contributed by atoms with Gasteiger partial charge in [-0.25, -0.2) is 4.79 Å². The number of unbranched alkanes of at least 4 members (excludes halogenated alkanes) is 1. The molecule has 0 saturated heterocycles. The molecule has 0 aliphatic heterocycles. The summed E-state index contributed by atoms with van der Waals surface area (Å²) < 4.78 is 6.61. The molecule has 132 valence electrons. The number of benzene rings is 1. The molecule has 0 saturated carbocycles. The van der Waals surface area contributed by atoms with Crippen molar-refractivity contribution in [2.24, 2.45) is 5.92 Å². The van der Waals surface area contributed by atoms with Crippen LogP contribution in [0.25, 0.3) is 0 Å². The van der Waals surface area contributed by atoms with Crippen molar-refractivity contribution in [3.63, 3.8) is 0 Å². The number of carbonyl (C=O) groups is 1. The van der Waals surface area contributed by atoms with Crippen LogP contribution in [-0.2, 0) is 4.74 Å². The molecule has 1 aromatic rings. The van der Waals surface area contributed by atoms with Crippen LogP contribution in [0.5, 0.6) is 0 Å². The fraction of sp³-hybridized carbons (Fsp3) is 0.550. The Morgan fingerprint density at radius 2 is 2.00 bits per heavy atom. The zero-order valence-electron chi connectivity index (χ0n) is 15.5. The molecule has 0 bridgehead atoms. The maximum atomic E-state index is 12.3. The molecule has 1 atom stereocenters. The molecule has 0 fully saturated rings. The quantitative estimate of drug-likeness (QED) is 0.221. The molecule has 4 heteroatoms. The third-order valence-electron chi connectivity index (χ3n) is 3.77. The van der Waals surface area contributed by atoms with Crippen molar-refractivity contribution in [2.45, 2.75) is 59.2 Å². The first-order valence-electron chi connectivity index (χ1n) is 8.76. The molecule has 0 heterocycles.